The van der Waals surface area contributed by atoms with E-state index in [1.807, 2.05) is 24.3 Å². The van der Waals surface area contributed by atoms with Crippen LogP contribution in [-0.4, -0.2) is 35.6 Å². The maximum absolute atomic E-state index is 12.5. The predicted molar refractivity (Wildman–Crippen MR) is 104 cm³/mol. The van der Waals surface area contributed by atoms with Crippen LogP contribution in [0.4, 0.5) is 18.9 Å². The van der Waals surface area contributed by atoms with E-state index in [2.05, 4.69) is 15.2 Å². The summed E-state index contributed by atoms with van der Waals surface area (Å²) in [5, 5.41) is 6.96. The van der Waals surface area contributed by atoms with Gasteiger partial charge in [0, 0.05) is 11.8 Å². The zero-order valence-corrected chi connectivity index (χ0v) is 16.1. The number of alkyl halides is 3. The number of rotatable bonds is 8. The van der Waals surface area contributed by atoms with Crippen LogP contribution in [0.3, 0.4) is 0 Å². The molecule has 1 amide bonds. The van der Waals surface area contributed by atoms with E-state index in [4.69, 9.17) is 4.74 Å². The van der Waals surface area contributed by atoms with Crippen molar-refractivity contribution in [2.75, 3.05) is 19.0 Å². The molecule has 2 aromatic carbocycles. The largest absolute Gasteiger partial charge is 0.497 e. The monoisotopic (exact) mass is 419 g/mol. The van der Waals surface area contributed by atoms with E-state index >= 15 is 0 Å². The standard InChI is InChI=1S/C21H20F3N3O3/c1-29-19-7-3-4-15(9-19)11-27-12-18(10-25-27)26-20(28)17-6-2-5-16(8-17)13-30-14-21(22,23)24/h2-10,12H,11,13-14H2,1H3,(H,26,28). The maximum atomic E-state index is 12.5. The molecular formula is C21H20F3N3O3. The number of nitrogens with zero attached hydrogens (tertiary/aromatic N) is 2. The van der Waals surface area contributed by atoms with Gasteiger partial charge in [-0.2, -0.15) is 18.3 Å². The molecule has 0 fully saturated rings. The molecule has 1 N–H and O–H groups in total. The van der Waals surface area contributed by atoms with Gasteiger partial charge in [0.2, 0.25) is 0 Å². The van der Waals surface area contributed by atoms with E-state index in [0.717, 1.165) is 11.3 Å². The van der Waals surface area contributed by atoms with Gasteiger partial charge in [0.05, 0.1) is 32.1 Å². The Morgan fingerprint density at radius 1 is 1.13 bits per heavy atom. The summed E-state index contributed by atoms with van der Waals surface area (Å²) in [6.07, 6.45) is -1.18. The van der Waals surface area contributed by atoms with Gasteiger partial charge in [-0.3, -0.25) is 9.48 Å². The fourth-order valence-corrected chi connectivity index (χ4v) is 2.76. The third kappa shape index (κ3) is 6.35. The molecule has 0 spiro atoms. The lowest BCUT2D eigenvalue weighted by molar-refractivity contribution is -0.176. The van der Waals surface area contributed by atoms with Crippen molar-refractivity contribution in [3.05, 3.63) is 77.6 Å². The molecule has 1 aromatic heterocycles. The first-order chi connectivity index (χ1) is 14.3. The number of carbonyl (C=O) groups excluding carboxylic acids is 1. The van der Waals surface area contributed by atoms with Crippen molar-refractivity contribution in [3.63, 3.8) is 0 Å². The van der Waals surface area contributed by atoms with Crippen LogP contribution in [0.5, 0.6) is 5.75 Å². The number of halogens is 3. The summed E-state index contributed by atoms with van der Waals surface area (Å²) >= 11 is 0. The van der Waals surface area contributed by atoms with Crippen molar-refractivity contribution < 1.29 is 27.4 Å². The Balaban J connectivity index is 1.59. The first-order valence-corrected chi connectivity index (χ1v) is 9.02. The van der Waals surface area contributed by atoms with Gasteiger partial charge in [-0.05, 0) is 35.4 Å². The Morgan fingerprint density at radius 3 is 2.67 bits per heavy atom. The molecule has 3 aromatic rings. The highest BCUT2D eigenvalue weighted by Gasteiger charge is 2.27. The number of nitrogens with one attached hydrogen (secondary N) is 1. The van der Waals surface area contributed by atoms with E-state index in [1.165, 1.54) is 12.3 Å². The van der Waals surface area contributed by atoms with Crippen molar-refractivity contribution in [2.24, 2.45) is 0 Å². The van der Waals surface area contributed by atoms with E-state index in [-0.39, 0.29) is 6.61 Å². The molecule has 6 nitrogen and oxygen atoms in total. The van der Waals surface area contributed by atoms with Crippen molar-refractivity contribution in [2.45, 2.75) is 19.3 Å². The van der Waals surface area contributed by atoms with Crippen LogP contribution in [0.25, 0.3) is 0 Å². The number of ether oxygens (including phenoxy) is 2. The molecule has 0 bridgehead atoms. The van der Waals surface area contributed by atoms with Gasteiger partial charge in [-0.15, -0.1) is 0 Å². The molecule has 3 rings (SSSR count). The normalized spacial score (nSPS) is 11.3. The number of aromatic nitrogens is 2. The fraction of sp³-hybridized carbons (Fsp3) is 0.238. The molecule has 0 saturated carbocycles. The molecular weight excluding hydrogens is 399 g/mol. The van der Waals surface area contributed by atoms with Crippen LogP contribution in [0.1, 0.15) is 21.5 Å². The Bertz CT molecular complexity index is 1000. The second-order valence-corrected chi connectivity index (χ2v) is 6.54. The zero-order chi connectivity index (χ0) is 21.6. The van der Waals surface area contributed by atoms with Crippen LogP contribution in [0.15, 0.2) is 60.9 Å². The first kappa shape index (κ1) is 21.4. The Hall–Kier alpha value is -3.33. The fourth-order valence-electron chi connectivity index (χ4n) is 2.76. The second kappa shape index (κ2) is 9.45. The van der Waals surface area contributed by atoms with E-state index in [1.54, 1.807) is 36.2 Å². The van der Waals surface area contributed by atoms with Crippen LogP contribution >= 0.6 is 0 Å². The first-order valence-electron chi connectivity index (χ1n) is 9.02. The lowest BCUT2D eigenvalue weighted by Gasteiger charge is -2.09. The Morgan fingerprint density at radius 2 is 1.90 bits per heavy atom. The van der Waals surface area contributed by atoms with Crippen molar-refractivity contribution in [1.29, 1.82) is 0 Å². The molecule has 0 atom stereocenters. The highest BCUT2D eigenvalue weighted by atomic mass is 19.4. The average Bonchev–Trinajstić information content (AvgIpc) is 3.14. The van der Waals surface area contributed by atoms with Crippen LogP contribution < -0.4 is 10.1 Å². The van der Waals surface area contributed by atoms with E-state index < -0.39 is 18.7 Å². The van der Waals surface area contributed by atoms with Crippen LogP contribution in [-0.2, 0) is 17.9 Å². The summed E-state index contributed by atoms with van der Waals surface area (Å²) in [7, 11) is 1.60. The average molecular weight is 419 g/mol. The number of amides is 1. The second-order valence-electron chi connectivity index (χ2n) is 6.54. The molecule has 1 heterocycles. The Labute approximate surface area is 171 Å². The minimum atomic E-state index is -4.39. The third-order valence-corrected chi connectivity index (χ3v) is 4.09. The lowest BCUT2D eigenvalue weighted by Crippen LogP contribution is -2.17. The molecule has 0 aliphatic carbocycles. The summed E-state index contributed by atoms with van der Waals surface area (Å²) in [6.45, 7) is -1.08. The van der Waals surface area contributed by atoms with Crippen molar-refractivity contribution in [1.82, 2.24) is 9.78 Å². The highest BCUT2D eigenvalue weighted by Crippen LogP contribution is 2.17. The van der Waals surface area contributed by atoms with Gasteiger partial charge in [-0.25, -0.2) is 0 Å². The summed E-state index contributed by atoms with van der Waals surface area (Å²) in [6, 6.07) is 13.8. The van der Waals surface area contributed by atoms with Crippen molar-refractivity contribution in [3.8, 4) is 5.75 Å². The van der Waals surface area contributed by atoms with Gasteiger partial charge < -0.3 is 14.8 Å². The van der Waals surface area contributed by atoms with Gasteiger partial charge in [0.15, 0.2) is 0 Å². The minimum absolute atomic E-state index is 0.237. The maximum Gasteiger partial charge on any atom is 0.411 e. The predicted octanol–water partition coefficient (Wildman–Crippen LogP) is 4.27. The number of benzene rings is 2. The van der Waals surface area contributed by atoms with E-state index in [0.29, 0.717) is 23.4 Å². The number of anilines is 1. The molecule has 0 saturated heterocycles. The molecule has 158 valence electrons. The third-order valence-electron chi connectivity index (χ3n) is 4.09. The van der Waals surface area contributed by atoms with Crippen molar-refractivity contribution >= 4 is 11.6 Å². The van der Waals surface area contributed by atoms with E-state index in [9.17, 15) is 18.0 Å². The van der Waals surface area contributed by atoms with Gasteiger partial charge in [0.25, 0.3) is 5.91 Å². The highest BCUT2D eigenvalue weighted by molar-refractivity contribution is 6.04. The van der Waals surface area contributed by atoms with Gasteiger partial charge >= 0.3 is 6.18 Å². The zero-order valence-electron chi connectivity index (χ0n) is 16.1. The molecule has 30 heavy (non-hydrogen) atoms. The molecule has 0 unspecified atom stereocenters. The van der Waals surface area contributed by atoms with Gasteiger partial charge in [-0.1, -0.05) is 24.3 Å². The number of hydrogen-bond donors (Lipinski definition) is 1. The van der Waals surface area contributed by atoms with Crippen LogP contribution in [0, 0.1) is 0 Å². The summed E-state index contributed by atoms with van der Waals surface area (Å²) < 4.78 is 48.1. The molecule has 0 radical (unpaired) electrons. The topological polar surface area (TPSA) is 65.4 Å². The number of methoxy groups -OCH3 is 1. The smallest absolute Gasteiger partial charge is 0.411 e. The van der Waals surface area contributed by atoms with Gasteiger partial charge in [0.1, 0.15) is 12.4 Å². The summed E-state index contributed by atoms with van der Waals surface area (Å²) in [4.78, 5) is 12.5. The number of carbonyl (C=O) groups is 1. The lowest BCUT2D eigenvalue weighted by atomic mass is 10.1. The van der Waals surface area contributed by atoms with Crippen LogP contribution in [0.2, 0.25) is 0 Å². The minimum Gasteiger partial charge on any atom is -0.497 e. The molecule has 0 aliphatic heterocycles. The summed E-state index contributed by atoms with van der Waals surface area (Å²) in [5.74, 6) is 0.348. The summed E-state index contributed by atoms with van der Waals surface area (Å²) in [5.41, 5.74) is 2.27. The Kier molecular flexibility index (Phi) is 6.73. The molecule has 0 aliphatic rings. The number of hydrogen-bond acceptors (Lipinski definition) is 4. The SMILES string of the molecule is COc1cccc(Cn2cc(NC(=O)c3cccc(COCC(F)(F)F)c3)cn2)c1. The molecule has 9 heteroatoms. The quantitative estimate of drug-likeness (QED) is 0.592.